The summed E-state index contributed by atoms with van der Waals surface area (Å²) in [6.07, 6.45) is -1.58. The normalized spacial score (nSPS) is 21.3. The van der Waals surface area contributed by atoms with Crippen molar-refractivity contribution in [2.24, 2.45) is 28.7 Å². The highest BCUT2D eigenvalue weighted by atomic mass is 32.2. The summed E-state index contributed by atoms with van der Waals surface area (Å²) in [6, 6.07) is 1.48. The summed E-state index contributed by atoms with van der Waals surface area (Å²) < 4.78 is 0. The van der Waals surface area contributed by atoms with E-state index in [1.54, 1.807) is 30.3 Å². The van der Waals surface area contributed by atoms with Crippen LogP contribution in [0.5, 0.6) is 5.75 Å². The molecule has 0 aromatic heterocycles. The molecule has 0 saturated carbocycles. The molecule has 2 fully saturated rings. The molecule has 516 valence electrons. The highest BCUT2D eigenvalue weighted by Gasteiger charge is 2.41. The van der Waals surface area contributed by atoms with Crippen LogP contribution in [-0.4, -0.2) is 207 Å². The molecule has 2 aliphatic rings. The number of carbonyl (C=O) groups is 15. The van der Waals surface area contributed by atoms with Gasteiger partial charge in [-0.25, -0.2) is 0 Å². The summed E-state index contributed by atoms with van der Waals surface area (Å²) in [7, 11) is 0. The Hall–Kier alpha value is -8.89. The van der Waals surface area contributed by atoms with Crippen molar-refractivity contribution < 1.29 is 82.1 Å². The first-order chi connectivity index (χ1) is 44.8. The standard InChI is InChI=1S/C60H87N15O17S2/c61-23-7-6-12-39(53(85)67-30-49(65)80)70-59(91)46-13-8-24-75(46)60(92)45-33-94-38(11-4-5-14-52(83)84)31-93-32-44(68-50(81)22-19-37(77)29-66-51(82)28-62)58(90)72-42(26-35-15-17-36(76)18-16-35)56(88)71-41(25-34-9-2-1-3-10-34)55(87)69-40(20-21-47(63)78)54(86)73-43(27-48(64)79)57(89)74-45/h1-3,9-10,15-18,38-46,76H,4-8,11-14,19-33,61-62H2,(H2,63,78)(H2,64,79)(H2,65,80)(H,66,82)(H,67,85)(H,68,81)(H,69,87)(H,70,91)(H,71,88)(H,72,90)(H,73,86)(H,74,89)(H,83,84)/t38?,39-,40-,41-,42-,43-,44-,45-,46-/m0/s1. The number of primary amides is 3. The Labute approximate surface area is 551 Å². The fraction of sp³-hybridized carbons (Fsp3) is 0.550. The molecule has 4 rings (SSSR count). The lowest BCUT2D eigenvalue weighted by Crippen LogP contribution is -2.61. The second-order valence-electron chi connectivity index (χ2n) is 22.5. The van der Waals surface area contributed by atoms with Gasteiger partial charge in [0.05, 0.1) is 26.1 Å². The summed E-state index contributed by atoms with van der Waals surface area (Å²) in [4.78, 5) is 204. The Kier molecular flexibility index (Phi) is 33.8. The topological polar surface area (TPSA) is 538 Å². The van der Waals surface area contributed by atoms with E-state index in [-0.39, 0.29) is 93.9 Å². The minimum atomic E-state index is -1.89. The van der Waals surface area contributed by atoms with Crippen LogP contribution in [0.4, 0.5) is 0 Å². The number of thioether (sulfide) groups is 2. The van der Waals surface area contributed by atoms with E-state index in [1.807, 2.05) is 0 Å². The average molecular weight is 1350 g/mol. The molecular weight excluding hydrogens is 1270 g/mol. The highest BCUT2D eigenvalue weighted by Crippen LogP contribution is 2.27. The zero-order valence-corrected chi connectivity index (χ0v) is 53.7. The Morgan fingerprint density at radius 3 is 1.87 bits per heavy atom. The summed E-state index contributed by atoms with van der Waals surface area (Å²) >= 11 is 2.21. The molecule has 2 aromatic rings. The van der Waals surface area contributed by atoms with Crippen molar-refractivity contribution in [3.05, 3.63) is 65.7 Å². The first-order valence-corrected chi connectivity index (χ1v) is 32.9. The maximum absolute atomic E-state index is 15.2. The highest BCUT2D eigenvalue weighted by molar-refractivity contribution is 8.03. The number of nitrogens with two attached hydrogens (primary N) is 5. The number of rotatable bonds is 31. The van der Waals surface area contributed by atoms with Crippen LogP contribution in [-0.2, 0) is 84.8 Å². The number of hydrogen-bond acceptors (Lipinski definition) is 20. The number of carboxylic acids is 1. The largest absolute Gasteiger partial charge is 0.508 e. The number of amides is 13. The zero-order valence-electron chi connectivity index (χ0n) is 52.0. The predicted molar refractivity (Wildman–Crippen MR) is 344 cm³/mol. The Morgan fingerprint density at radius 2 is 1.24 bits per heavy atom. The van der Waals surface area contributed by atoms with Crippen LogP contribution in [0.2, 0.25) is 0 Å². The van der Waals surface area contributed by atoms with Gasteiger partial charge in [-0.2, -0.15) is 23.5 Å². The fourth-order valence-corrected chi connectivity index (χ4v) is 12.7. The number of ketones is 1. The number of nitrogens with one attached hydrogen (secondary N) is 9. The van der Waals surface area contributed by atoms with Gasteiger partial charge < -0.3 is 91.6 Å². The number of phenolic OH excluding ortho intramolecular Hbond substituents is 1. The molecule has 0 bridgehead atoms. The molecule has 2 aromatic carbocycles. The number of unbranched alkanes of at least 4 members (excludes halogenated alkanes) is 2. The van der Waals surface area contributed by atoms with Crippen molar-refractivity contribution in [2.45, 2.75) is 156 Å². The molecule has 9 atom stereocenters. The van der Waals surface area contributed by atoms with Gasteiger partial charge >= 0.3 is 5.97 Å². The van der Waals surface area contributed by atoms with Crippen LogP contribution in [0, 0.1) is 0 Å². The maximum Gasteiger partial charge on any atom is 0.303 e. The summed E-state index contributed by atoms with van der Waals surface area (Å²) in [6.45, 7) is -1.16. The number of Topliss-reactive ketones (excluding diaryl/α,β-unsaturated/α-hetero) is 1. The SMILES string of the molecule is NCCCC[C@H](NC(=O)[C@@H]1CCCN1C(=O)[C@@H]1CSC(CCCCC(=O)O)CSC[C@H](NC(=O)CCC(=O)CNC(=O)CN)C(=O)N[C@@H](Cc2ccc(O)cc2)C(=O)N[C@@H](Cc2ccccc2)C(=O)N[C@@H](CCC(N)=O)C(=O)N[C@@H](CC(N)=O)C(=O)N1)C(=O)NCC(N)=O. The first-order valence-electron chi connectivity index (χ1n) is 30.7. The van der Waals surface area contributed by atoms with E-state index in [4.69, 9.17) is 28.7 Å². The Balaban J connectivity index is 1.89. The summed E-state index contributed by atoms with van der Waals surface area (Å²) in [5, 5.41) is 42.0. The molecule has 2 aliphatic heterocycles. The molecule has 21 N–H and O–H groups in total. The number of aliphatic carboxylic acids is 1. The van der Waals surface area contributed by atoms with Gasteiger partial charge in [-0.15, -0.1) is 0 Å². The quantitative estimate of drug-likeness (QED) is 0.0316. The van der Waals surface area contributed by atoms with Crippen LogP contribution >= 0.6 is 23.5 Å². The molecule has 32 nitrogen and oxygen atoms in total. The predicted octanol–water partition coefficient (Wildman–Crippen LogP) is -4.65. The molecule has 0 spiro atoms. The van der Waals surface area contributed by atoms with Gasteiger partial charge in [0.15, 0.2) is 5.78 Å². The van der Waals surface area contributed by atoms with Crippen LogP contribution < -0.4 is 76.5 Å². The third kappa shape index (κ3) is 28.5. The molecule has 0 radical (unpaired) electrons. The molecule has 34 heteroatoms. The molecule has 13 amide bonds. The van der Waals surface area contributed by atoms with Crippen molar-refractivity contribution in [3.8, 4) is 5.75 Å². The van der Waals surface area contributed by atoms with Crippen LogP contribution in [0.25, 0.3) is 0 Å². The van der Waals surface area contributed by atoms with Gasteiger partial charge in [0.2, 0.25) is 76.8 Å². The van der Waals surface area contributed by atoms with E-state index in [9.17, 15) is 77.3 Å². The number of aromatic hydroxyl groups is 1. The molecule has 94 heavy (non-hydrogen) atoms. The molecule has 2 heterocycles. The number of phenols is 1. The Bertz CT molecular complexity index is 2990. The van der Waals surface area contributed by atoms with Crippen molar-refractivity contribution in [3.63, 3.8) is 0 Å². The lowest BCUT2D eigenvalue weighted by atomic mass is 10.0. The Morgan fingerprint density at radius 1 is 0.617 bits per heavy atom. The summed E-state index contributed by atoms with van der Waals surface area (Å²) in [5.74, 6) is -14.2. The van der Waals surface area contributed by atoms with Crippen LogP contribution in [0.3, 0.4) is 0 Å². The molecular formula is C60H87N15O17S2. The second-order valence-corrected chi connectivity index (χ2v) is 24.9. The van der Waals surface area contributed by atoms with E-state index in [2.05, 4.69) is 47.9 Å². The van der Waals surface area contributed by atoms with Crippen LogP contribution in [0.1, 0.15) is 101 Å². The second kappa shape index (κ2) is 41.0. The third-order valence-corrected chi connectivity index (χ3v) is 17.8. The number of nitrogens with zero attached hydrogens (tertiary/aromatic N) is 1. The van der Waals surface area contributed by atoms with E-state index >= 15 is 4.79 Å². The average Bonchev–Trinajstić information content (AvgIpc) is 1.58. The van der Waals surface area contributed by atoms with Gasteiger partial charge in [-0.05, 0) is 81.2 Å². The van der Waals surface area contributed by atoms with Crippen molar-refractivity contribution in [1.82, 2.24) is 52.8 Å². The zero-order chi connectivity index (χ0) is 69.3. The number of benzene rings is 2. The lowest BCUT2D eigenvalue weighted by molar-refractivity contribution is -0.142. The number of carboxylic acid groups (broad SMARTS) is 1. The van der Waals surface area contributed by atoms with Gasteiger partial charge in [0, 0.05) is 67.6 Å². The van der Waals surface area contributed by atoms with Crippen molar-refractivity contribution in [2.75, 3.05) is 50.0 Å². The summed E-state index contributed by atoms with van der Waals surface area (Å²) in [5.41, 5.74) is 28.3. The van der Waals surface area contributed by atoms with Gasteiger partial charge in [0.1, 0.15) is 54.1 Å². The van der Waals surface area contributed by atoms with Gasteiger partial charge in [-0.3, -0.25) is 71.9 Å². The molecule has 2 saturated heterocycles. The minimum absolute atomic E-state index is 0.0491. The number of hydrogen-bond donors (Lipinski definition) is 16. The van der Waals surface area contributed by atoms with E-state index in [0.29, 0.717) is 30.4 Å². The monoisotopic (exact) mass is 1350 g/mol. The molecule has 0 aliphatic carbocycles. The maximum atomic E-state index is 15.2. The smallest absolute Gasteiger partial charge is 0.303 e. The van der Waals surface area contributed by atoms with Crippen molar-refractivity contribution >= 4 is 112 Å². The van der Waals surface area contributed by atoms with E-state index in [1.165, 1.54) is 29.2 Å². The van der Waals surface area contributed by atoms with E-state index in [0.717, 1.165) is 23.5 Å². The number of likely N-dealkylation sites (tertiary alicyclic amines) is 1. The lowest BCUT2D eigenvalue weighted by Gasteiger charge is -2.31. The first kappa shape index (κ1) is 77.6. The van der Waals surface area contributed by atoms with Crippen LogP contribution in [0.15, 0.2) is 54.6 Å². The van der Waals surface area contributed by atoms with Gasteiger partial charge in [-0.1, -0.05) is 48.9 Å². The van der Waals surface area contributed by atoms with Crippen molar-refractivity contribution in [1.29, 1.82) is 0 Å². The van der Waals surface area contributed by atoms with Gasteiger partial charge in [0.25, 0.3) is 0 Å². The molecule has 1 unspecified atom stereocenters. The third-order valence-electron chi connectivity index (χ3n) is 14.9. The van der Waals surface area contributed by atoms with E-state index < -0.39 is 187 Å². The fourth-order valence-electron chi connectivity index (χ4n) is 9.94. The minimum Gasteiger partial charge on any atom is -0.508 e. The number of carbonyl (C=O) groups excluding carboxylic acids is 14.